The standard InChI is InChI=1S/C24H25N3O/c28-24(23-16-15-21(17-25-23)26-20-11-7-8-12-20)27(22-13-5-2-6-14-22)18-19-9-3-1-4-10-19/h1-6,9-10,13-17,20,26H,7-8,11-12,18H2. The Hall–Kier alpha value is -3.14. The second-order valence-electron chi connectivity index (χ2n) is 7.27. The van der Waals surface area contributed by atoms with Crippen LogP contribution >= 0.6 is 0 Å². The SMILES string of the molecule is O=C(c1ccc(NC2CCCC2)cn1)N(Cc1ccccc1)c1ccccc1. The third-order valence-electron chi connectivity index (χ3n) is 5.21. The van der Waals surface area contributed by atoms with Gasteiger partial charge in [-0.3, -0.25) is 4.79 Å². The minimum absolute atomic E-state index is 0.0949. The number of amides is 1. The summed E-state index contributed by atoms with van der Waals surface area (Å²) < 4.78 is 0. The molecule has 0 spiro atoms. The molecule has 1 amide bonds. The summed E-state index contributed by atoms with van der Waals surface area (Å²) in [5, 5.41) is 3.52. The molecule has 28 heavy (non-hydrogen) atoms. The fourth-order valence-corrected chi connectivity index (χ4v) is 3.70. The van der Waals surface area contributed by atoms with Gasteiger partial charge in [-0.15, -0.1) is 0 Å². The number of carbonyl (C=O) groups excluding carboxylic acids is 1. The zero-order valence-corrected chi connectivity index (χ0v) is 15.9. The maximum Gasteiger partial charge on any atom is 0.277 e. The number of rotatable bonds is 6. The number of pyridine rings is 1. The van der Waals surface area contributed by atoms with E-state index >= 15 is 0 Å². The smallest absolute Gasteiger partial charge is 0.277 e. The van der Waals surface area contributed by atoms with Crippen LogP contribution in [0.15, 0.2) is 79.0 Å². The summed E-state index contributed by atoms with van der Waals surface area (Å²) >= 11 is 0. The van der Waals surface area contributed by atoms with Gasteiger partial charge in [0.2, 0.25) is 0 Å². The number of nitrogens with zero attached hydrogens (tertiary/aromatic N) is 2. The van der Waals surface area contributed by atoms with Crippen LogP contribution in [-0.2, 0) is 6.54 Å². The van der Waals surface area contributed by atoms with Crippen molar-refractivity contribution in [3.8, 4) is 0 Å². The highest BCUT2D eigenvalue weighted by Crippen LogP contribution is 2.23. The van der Waals surface area contributed by atoms with Crippen molar-refractivity contribution in [3.63, 3.8) is 0 Å². The molecule has 2 aromatic carbocycles. The lowest BCUT2D eigenvalue weighted by molar-refractivity contribution is 0.0980. The maximum absolute atomic E-state index is 13.2. The van der Waals surface area contributed by atoms with Gasteiger partial charge in [-0.05, 0) is 42.7 Å². The molecule has 4 heteroatoms. The first-order valence-corrected chi connectivity index (χ1v) is 9.93. The summed E-state index contributed by atoms with van der Waals surface area (Å²) in [6, 6.07) is 24.1. The molecule has 0 radical (unpaired) electrons. The van der Waals surface area contributed by atoms with E-state index in [4.69, 9.17) is 0 Å². The fourth-order valence-electron chi connectivity index (χ4n) is 3.70. The number of hydrogen-bond donors (Lipinski definition) is 1. The minimum atomic E-state index is -0.0949. The van der Waals surface area contributed by atoms with E-state index < -0.39 is 0 Å². The van der Waals surface area contributed by atoms with E-state index in [1.807, 2.05) is 72.8 Å². The molecule has 4 nitrogen and oxygen atoms in total. The topological polar surface area (TPSA) is 45.2 Å². The molecule has 142 valence electrons. The molecule has 0 bridgehead atoms. The molecule has 0 aliphatic heterocycles. The van der Waals surface area contributed by atoms with Crippen molar-refractivity contribution in [1.82, 2.24) is 4.98 Å². The molecule has 1 N–H and O–H groups in total. The Balaban J connectivity index is 1.54. The largest absolute Gasteiger partial charge is 0.381 e. The van der Waals surface area contributed by atoms with Crippen molar-refractivity contribution >= 4 is 17.3 Å². The quantitative estimate of drug-likeness (QED) is 0.641. The Morgan fingerprint density at radius 1 is 0.929 bits per heavy atom. The van der Waals surface area contributed by atoms with E-state index in [9.17, 15) is 4.79 Å². The number of carbonyl (C=O) groups is 1. The van der Waals surface area contributed by atoms with Gasteiger partial charge in [0.15, 0.2) is 0 Å². The Bertz CT molecular complexity index is 888. The average Bonchev–Trinajstić information content (AvgIpc) is 3.26. The highest BCUT2D eigenvalue weighted by atomic mass is 16.2. The average molecular weight is 371 g/mol. The van der Waals surface area contributed by atoms with Crippen LogP contribution in [0, 0.1) is 0 Å². The number of nitrogens with one attached hydrogen (secondary N) is 1. The first-order valence-electron chi connectivity index (χ1n) is 9.93. The lowest BCUT2D eigenvalue weighted by Crippen LogP contribution is -2.31. The van der Waals surface area contributed by atoms with Crippen molar-refractivity contribution < 1.29 is 4.79 Å². The highest BCUT2D eigenvalue weighted by molar-refractivity contribution is 6.04. The van der Waals surface area contributed by atoms with Crippen LogP contribution in [-0.4, -0.2) is 16.9 Å². The zero-order valence-electron chi connectivity index (χ0n) is 15.9. The summed E-state index contributed by atoms with van der Waals surface area (Å²) in [5.41, 5.74) is 3.39. The van der Waals surface area contributed by atoms with Crippen LogP contribution in [0.2, 0.25) is 0 Å². The second-order valence-corrected chi connectivity index (χ2v) is 7.27. The summed E-state index contributed by atoms with van der Waals surface area (Å²) in [5.74, 6) is -0.0949. The summed E-state index contributed by atoms with van der Waals surface area (Å²) in [6.45, 7) is 0.507. The molecule has 4 rings (SSSR count). The first-order chi connectivity index (χ1) is 13.8. The Kier molecular flexibility index (Phi) is 5.66. The van der Waals surface area contributed by atoms with Crippen LogP contribution in [0.1, 0.15) is 41.7 Å². The van der Waals surface area contributed by atoms with E-state index in [2.05, 4.69) is 10.3 Å². The molecular weight excluding hydrogens is 346 g/mol. The molecule has 1 heterocycles. The van der Waals surface area contributed by atoms with Crippen LogP contribution in [0.4, 0.5) is 11.4 Å². The maximum atomic E-state index is 13.2. The normalized spacial score (nSPS) is 14.0. The van der Waals surface area contributed by atoms with Crippen LogP contribution in [0.3, 0.4) is 0 Å². The Morgan fingerprint density at radius 3 is 2.25 bits per heavy atom. The molecule has 1 aliphatic rings. The summed E-state index contributed by atoms with van der Waals surface area (Å²) in [4.78, 5) is 19.5. The van der Waals surface area contributed by atoms with Crippen LogP contribution in [0.5, 0.6) is 0 Å². The molecular formula is C24H25N3O. The van der Waals surface area contributed by atoms with E-state index in [0.717, 1.165) is 16.9 Å². The summed E-state index contributed by atoms with van der Waals surface area (Å²) in [6.07, 6.45) is 6.76. The van der Waals surface area contributed by atoms with Crippen molar-refractivity contribution in [1.29, 1.82) is 0 Å². The van der Waals surface area contributed by atoms with E-state index in [1.165, 1.54) is 25.7 Å². The third kappa shape index (κ3) is 4.39. The van der Waals surface area contributed by atoms with Crippen molar-refractivity contribution in [3.05, 3.63) is 90.3 Å². The second kappa shape index (κ2) is 8.70. The van der Waals surface area contributed by atoms with Crippen molar-refractivity contribution in [2.45, 2.75) is 38.3 Å². The lowest BCUT2D eigenvalue weighted by atomic mass is 10.1. The minimum Gasteiger partial charge on any atom is -0.381 e. The summed E-state index contributed by atoms with van der Waals surface area (Å²) in [7, 11) is 0. The lowest BCUT2D eigenvalue weighted by Gasteiger charge is -2.23. The monoisotopic (exact) mass is 371 g/mol. The van der Waals surface area contributed by atoms with Crippen LogP contribution in [0.25, 0.3) is 0 Å². The van der Waals surface area contributed by atoms with Gasteiger partial charge < -0.3 is 10.2 Å². The van der Waals surface area contributed by atoms with Crippen molar-refractivity contribution in [2.75, 3.05) is 10.2 Å². The van der Waals surface area contributed by atoms with Gasteiger partial charge >= 0.3 is 0 Å². The molecule has 1 fully saturated rings. The van der Waals surface area contributed by atoms with Gasteiger partial charge in [0, 0.05) is 11.7 Å². The van der Waals surface area contributed by atoms with Crippen molar-refractivity contribution in [2.24, 2.45) is 0 Å². The Labute approximate surface area is 166 Å². The number of aromatic nitrogens is 1. The number of para-hydroxylation sites is 1. The van der Waals surface area contributed by atoms with Gasteiger partial charge in [-0.1, -0.05) is 61.4 Å². The van der Waals surface area contributed by atoms with E-state index in [0.29, 0.717) is 18.3 Å². The molecule has 1 saturated carbocycles. The van der Waals surface area contributed by atoms with Gasteiger partial charge in [-0.2, -0.15) is 0 Å². The highest BCUT2D eigenvalue weighted by Gasteiger charge is 2.20. The van der Waals surface area contributed by atoms with Gasteiger partial charge in [0.1, 0.15) is 5.69 Å². The zero-order chi connectivity index (χ0) is 19.2. The van der Waals surface area contributed by atoms with E-state index in [-0.39, 0.29) is 5.91 Å². The van der Waals surface area contributed by atoms with Gasteiger partial charge in [0.05, 0.1) is 18.4 Å². The van der Waals surface area contributed by atoms with Gasteiger partial charge in [0.25, 0.3) is 5.91 Å². The first kappa shape index (κ1) is 18.2. The predicted molar refractivity (Wildman–Crippen MR) is 114 cm³/mol. The van der Waals surface area contributed by atoms with Gasteiger partial charge in [-0.25, -0.2) is 4.98 Å². The molecule has 3 aromatic rings. The van der Waals surface area contributed by atoms with Crippen LogP contribution < -0.4 is 10.2 Å². The number of benzene rings is 2. The third-order valence-corrected chi connectivity index (χ3v) is 5.21. The Morgan fingerprint density at radius 2 is 1.61 bits per heavy atom. The van der Waals surface area contributed by atoms with E-state index in [1.54, 1.807) is 11.1 Å². The molecule has 1 aromatic heterocycles. The fraction of sp³-hybridized carbons (Fsp3) is 0.250. The molecule has 0 atom stereocenters. The molecule has 0 unspecified atom stereocenters. The predicted octanol–water partition coefficient (Wildman–Crippen LogP) is 5.28. The number of anilines is 2. The molecule has 0 saturated heterocycles. The number of hydrogen-bond acceptors (Lipinski definition) is 3. The molecule has 1 aliphatic carbocycles.